The molecule has 0 bridgehead atoms. The molecule has 5 nitrogen and oxygen atoms in total. The molecule has 0 atom stereocenters. The summed E-state index contributed by atoms with van der Waals surface area (Å²) in [5.74, 6) is 0.961. The zero-order valence-electron chi connectivity index (χ0n) is 16.1. The van der Waals surface area contributed by atoms with Gasteiger partial charge in [0.2, 0.25) is 0 Å². The van der Waals surface area contributed by atoms with Gasteiger partial charge in [-0.15, -0.1) is 0 Å². The average Bonchev–Trinajstić information content (AvgIpc) is 3.06. The first-order chi connectivity index (χ1) is 14.2. The smallest absolute Gasteiger partial charge is 0.258 e. The first-order valence-corrected chi connectivity index (χ1v) is 9.64. The molecule has 0 amide bonds. The van der Waals surface area contributed by atoms with Crippen molar-refractivity contribution >= 4 is 16.7 Å². The van der Waals surface area contributed by atoms with Gasteiger partial charge in [0, 0.05) is 18.7 Å². The van der Waals surface area contributed by atoms with Crippen LogP contribution in [0.15, 0.2) is 83.8 Å². The molecule has 29 heavy (non-hydrogen) atoms. The van der Waals surface area contributed by atoms with Gasteiger partial charge in [-0.1, -0.05) is 48.5 Å². The third-order valence-electron chi connectivity index (χ3n) is 5.12. The number of hydrogen-bond acceptors (Lipinski definition) is 3. The highest BCUT2D eigenvalue weighted by atomic mass is 16.1. The summed E-state index contributed by atoms with van der Waals surface area (Å²) < 4.78 is 3.75. The van der Waals surface area contributed by atoms with Crippen molar-refractivity contribution in [1.82, 2.24) is 18.9 Å². The maximum Gasteiger partial charge on any atom is 0.258 e. The van der Waals surface area contributed by atoms with E-state index in [9.17, 15) is 4.79 Å². The van der Waals surface area contributed by atoms with Crippen LogP contribution in [-0.4, -0.2) is 18.9 Å². The van der Waals surface area contributed by atoms with Gasteiger partial charge in [0.05, 0.1) is 23.3 Å². The maximum atomic E-state index is 12.6. The summed E-state index contributed by atoms with van der Waals surface area (Å²) in [6, 6.07) is 23.9. The number of para-hydroxylation sites is 2. The second-order valence-electron chi connectivity index (χ2n) is 7.29. The van der Waals surface area contributed by atoms with Crippen molar-refractivity contribution < 1.29 is 0 Å². The zero-order chi connectivity index (χ0) is 19.8. The molecule has 0 spiro atoms. The van der Waals surface area contributed by atoms with Gasteiger partial charge < -0.3 is 4.57 Å². The summed E-state index contributed by atoms with van der Waals surface area (Å²) in [5, 5.41) is 0. The van der Waals surface area contributed by atoms with E-state index in [1.807, 2.05) is 61.7 Å². The molecule has 5 rings (SSSR count). The van der Waals surface area contributed by atoms with Crippen LogP contribution in [0.4, 0.5) is 0 Å². The number of rotatable bonds is 4. The Morgan fingerprint density at radius 3 is 2.55 bits per heavy atom. The molecule has 0 aliphatic rings. The standard InChI is InChI=1S/C24H20N4O/c1-17-11-12-22-25-19(14-24(29)28(22)15-17)16-27-21-10-6-5-9-20(21)26-23(27)13-18-7-3-2-4-8-18/h2-12,14-15H,13,16H2,1H3. The molecule has 3 aromatic heterocycles. The monoisotopic (exact) mass is 380 g/mol. The van der Waals surface area contributed by atoms with Gasteiger partial charge in [-0.2, -0.15) is 0 Å². The van der Waals surface area contributed by atoms with Crippen LogP contribution in [0.2, 0.25) is 0 Å². The predicted octanol–water partition coefficient (Wildman–Crippen LogP) is 3.99. The molecule has 142 valence electrons. The third kappa shape index (κ3) is 3.31. The molecule has 0 unspecified atom stereocenters. The number of aromatic nitrogens is 4. The van der Waals surface area contributed by atoms with Crippen molar-refractivity contribution in [3.8, 4) is 0 Å². The fraction of sp³-hybridized carbons (Fsp3) is 0.125. The lowest BCUT2D eigenvalue weighted by Crippen LogP contribution is -2.17. The van der Waals surface area contributed by atoms with Crippen molar-refractivity contribution in [2.24, 2.45) is 0 Å². The summed E-state index contributed by atoms with van der Waals surface area (Å²) in [4.78, 5) is 22.2. The number of pyridine rings is 1. The van der Waals surface area contributed by atoms with Gasteiger partial charge >= 0.3 is 0 Å². The van der Waals surface area contributed by atoms with Crippen molar-refractivity contribution in [2.45, 2.75) is 19.9 Å². The van der Waals surface area contributed by atoms with Gasteiger partial charge in [0.25, 0.3) is 5.56 Å². The Kier molecular flexibility index (Phi) is 4.21. The topological polar surface area (TPSA) is 52.2 Å². The number of benzene rings is 2. The second kappa shape index (κ2) is 7.02. The number of aryl methyl sites for hydroxylation is 1. The van der Waals surface area contributed by atoms with Crippen LogP contribution in [0.5, 0.6) is 0 Å². The first kappa shape index (κ1) is 17.4. The van der Waals surface area contributed by atoms with Crippen molar-refractivity contribution in [1.29, 1.82) is 0 Å². The number of hydrogen-bond donors (Lipinski definition) is 0. The third-order valence-corrected chi connectivity index (χ3v) is 5.12. The Labute approximate surface area is 167 Å². The predicted molar refractivity (Wildman–Crippen MR) is 114 cm³/mol. The molecule has 5 heteroatoms. The average molecular weight is 380 g/mol. The van der Waals surface area contributed by atoms with Crippen molar-refractivity contribution in [3.05, 3.63) is 112 Å². The molecular weight excluding hydrogens is 360 g/mol. The fourth-order valence-corrected chi connectivity index (χ4v) is 3.72. The van der Waals surface area contributed by atoms with Crippen LogP contribution < -0.4 is 5.56 Å². The quantitative estimate of drug-likeness (QED) is 0.474. The van der Waals surface area contributed by atoms with Crippen LogP contribution in [0, 0.1) is 6.92 Å². The first-order valence-electron chi connectivity index (χ1n) is 9.64. The second-order valence-corrected chi connectivity index (χ2v) is 7.29. The maximum absolute atomic E-state index is 12.6. The number of imidazole rings is 1. The van der Waals surface area contributed by atoms with E-state index in [0.29, 0.717) is 12.2 Å². The van der Waals surface area contributed by atoms with Crippen LogP contribution in [0.1, 0.15) is 22.6 Å². The highest BCUT2D eigenvalue weighted by molar-refractivity contribution is 5.76. The van der Waals surface area contributed by atoms with Crippen LogP contribution in [-0.2, 0) is 13.0 Å². The molecule has 0 fully saturated rings. The van der Waals surface area contributed by atoms with E-state index in [2.05, 4.69) is 22.8 Å². The number of nitrogens with zero attached hydrogens (tertiary/aromatic N) is 4. The van der Waals surface area contributed by atoms with E-state index < -0.39 is 0 Å². The Balaban J connectivity index is 1.61. The molecule has 0 aliphatic carbocycles. The zero-order valence-corrected chi connectivity index (χ0v) is 16.1. The molecule has 3 heterocycles. The highest BCUT2D eigenvalue weighted by Gasteiger charge is 2.13. The summed E-state index contributed by atoms with van der Waals surface area (Å²) in [6.07, 6.45) is 2.54. The lowest BCUT2D eigenvalue weighted by Gasteiger charge is -2.10. The molecule has 0 saturated heterocycles. The van der Waals surface area contributed by atoms with E-state index in [1.165, 1.54) is 5.56 Å². The SMILES string of the molecule is Cc1ccc2nc(Cn3c(Cc4ccccc4)nc4ccccc43)cc(=O)n2c1. The van der Waals surface area contributed by atoms with E-state index in [4.69, 9.17) is 9.97 Å². The summed E-state index contributed by atoms with van der Waals surface area (Å²) >= 11 is 0. The van der Waals surface area contributed by atoms with Gasteiger partial charge in [-0.3, -0.25) is 9.20 Å². The van der Waals surface area contributed by atoms with E-state index in [0.717, 1.165) is 34.5 Å². The molecule has 0 radical (unpaired) electrons. The minimum Gasteiger partial charge on any atom is -0.322 e. The van der Waals surface area contributed by atoms with Crippen LogP contribution in [0.25, 0.3) is 16.7 Å². The Morgan fingerprint density at radius 1 is 0.897 bits per heavy atom. The van der Waals surface area contributed by atoms with Crippen LogP contribution >= 0.6 is 0 Å². The fourth-order valence-electron chi connectivity index (χ4n) is 3.72. The van der Waals surface area contributed by atoms with Crippen molar-refractivity contribution in [3.63, 3.8) is 0 Å². The minimum atomic E-state index is -0.0669. The number of fused-ring (bicyclic) bond motifs is 2. The molecule has 5 aromatic rings. The molecule has 0 saturated carbocycles. The van der Waals surface area contributed by atoms with E-state index in [1.54, 1.807) is 10.5 Å². The molecule has 2 aromatic carbocycles. The molecule has 0 aliphatic heterocycles. The minimum absolute atomic E-state index is 0.0669. The molecule has 0 N–H and O–H groups in total. The Bertz CT molecular complexity index is 1380. The lowest BCUT2D eigenvalue weighted by atomic mass is 10.1. The summed E-state index contributed by atoms with van der Waals surface area (Å²) in [7, 11) is 0. The lowest BCUT2D eigenvalue weighted by molar-refractivity contribution is 0.741. The van der Waals surface area contributed by atoms with E-state index >= 15 is 0 Å². The van der Waals surface area contributed by atoms with Crippen molar-refractivity contribution in [2.75, 3.05) is 0 Å². The van der Waals surface area contributed by atoms with E-state index in [-0.39, 0.29) is 5.56 Å². The van der Waals surface area contributed by atoms with Gasteiger partial charge in [0.15, 0.2) is 0 Å². The molecular formula is C24H20N4O. The Morgan fingerprint density at radius 2 is 1.69 bits per heavy atom. The van der Waals surface area contributed by atoms with Gasteiger partial charge in [-0.05, 0) is 36.2 Å². The normalized spacial score (nSPS) is 11.3. The largest absolute Gasteiger partial charge is 0.322 e. The highest BCUT2D eigenvalue weighted by Crippen LogP contribution is 2.20. The summed E-state index contributed by atoms with van der Waals surface area (Å²) in [6.45, 7) is 2.47. The summed E-state index contributed by atoms with van der Waals surface area (Å²) in [5.41, 5.74) is 5.55. The van der Waals surface area contributed by atoms with Gasteiger partial charge in [-0.25, -0.2) is 9.97 Å². The van der Waals surface area contributed by atoms with Crippen LogP contribution in [0.3, 0.4) is 0 Å². The van der Waals surface area contributed by atoms with Gasteiger partial charge in [0.1, 0.15) is 11.5 Å². The Hall–Kier alpha value is -3.73.